The molecular weight excluding hydrogens is 374 g/mol. The maximum atomic E-state index is 12.6. The number of carbonyl (C=O) groups excluding carboxylic acids is 1. The fourth-order valence-electron chi connectivity index (χ4n) is 3.35. The number of piperidine rings is 1. The first-order chi connectivity index (χ1) is 13.6. The Labute approximate surface area is 167 Å². The molecule has 1 saturated heterocycles. The number of aryl methyl sites for hydroxylation is 1. The Hall–Kier alpha value is -2.81. The van der Waals surface area contributed by atoms with Crippen LogP contribution in [0.5, 0.6) is 0 Å². The summed E-state index contributed by atoms with van der Waals surface area (Å²) < 4.78 is 10.1. The molecule has 146 valence electrons. The van der Waals surface area contributed by atoms with Gasteiger partial charge < -0.3 is 10.2 Å². The Morgan fingerprint density at radius 2 is 1.86 bits per heavy atom. The van der Waals surface area contributed by atoms with E-state index in [1.165, 1.54) is 36.7 Å². The van der Waals surface area contributed by atoms with Gasteiger partial charge in [-0.2, -0.15) is 8.75 Å². The lowest BCUT2D eigenvalue weighted by molar-refractivity contribution is 0.102. The summed E-state index contributed by atoms with van der Waals surface area (Å²) in [4.78, 5) is 15.0. The molecule has 0 bridgehead atoms. The van der Waals surface area contributed by atoms with Gasteiger partial charge in [-0.05, 0) is 57.4 Å². The third-order valence-electron chi connectivity index (χ3n) is 5.09. The predicted molar refractivity (Wildman–Crippen MR) is 109 cm³/mol. The van der Waals surface area contributed by atoms with Crippen LogP contribution in [0.1, 0.15) is 46.8 Å². The standard InChI is InChI=1S/C19H23N7OS/c1-13-17(23-28-22-13)12-26-14(2)18(21-24-26)19(27)20-15-6-8-16(9-7-15)25-10-4-3-5-11-25/h6-9H,3-5,10-12H2,1-2H3,(H,20,27). The molecule has 0 radical (unpaired) electrons. The number of anilines is 2. The second-order valence-corrected chi connectivity index (χ2v) is 7.55. The van der Waals surface area contributed by atoms with Crippen molar-refractivity contribution >= 4 is 29.0 Å². The molecule has 4 rings (SSSR count). The van der Waals surface area contributed by atoms with Gasteiger partial charge in [-0.25, -0.2) is 4.68 Å². The maximum absolute atomic E-state index is 12.6. The maximum Gasteiger partial charge on any atom is 0.278 e. The Balaban J connectivity index is 1.43. The van der Waals surface area contributed by atoms with E-state index >= 15 is 0 Å². The normalized spacial score (nSPS) is 14.3. The van der Waals surface area contributed by atoms with Crippen LogP contribution in [0, 0.1) is 13.8 Å². The van der Waals surface area contributed by atoms with Crippen molar-refractivity contribution in [2.45, 2.75) is 39.7 Å². The first kappa shape index (κ1) is 18.5. The summed E-state index contributed by atoms with van der Waals surface area (Å²) in [7, 11) is 0. The van der Waals surface area contributed by atoms with Crippen LogP contribution >= 0.6 is 11.7 Å². The van der Waals surface area contributed by atoms with Crippen LogP contribution in [0.15, 0.2) is 24.3 Å². The van der Waals surface area contributed by atoms with Crippen molar-refractivity contribution in [2.24, 2.45) is 0 Å². The van der Waals surface area contributed by atoms with Crippen LogP contribution < -0.4 is 10.2 Å². The number of nitrogens with one attached hydrogen (secondary N) is 1. The minimum absolute atomic E-state index is 0.261. The minimum Gasteiger partial charge on any atom is -0.372 e. The highest BCUT2D eigenvalue weighted by atomic mass is 32.1. The molecule has 1 aliphatic heterocycles. The second kappa shape index (κ2) is 8.05. The summed E-state index contributed by atoms with van der Waals surface area (Å²) in [5, 5.41) is 11.1. The molecule has 3 aromatic rings. The summed E-state index contributed by atoms with van der Waals surface area (Å²) in [5.74, 6) is -0.261. The van der Waals surface area contributed by atoms with Crippen LogP contribution in [0.4, 0.5) is 11.4 Å². The fraction of sp³-hybridized carbons (Fsp3) is 0.421. The lowest BCUT2D eigenvalue weighted by atomic mass is 10.1. The van der Waals surface area contributed by atoms with Gasteiger partial charge in [-0.3, -0.25) is 4.79 Å². The van der Waals surface area contributed by atoms with Gasteiger partial charge >= 0.3 is 0 Å². The van der Waals surface area contributed by atoms with E-state index in [0.29, 0.717) is 17.9 Å². The first-order valence-corrected chi connectivity index (χ1v) is 10.2. The molecule has 0 unspecified atom stereocenters. The molecule has 1 N–H and O–H groups in total. The van der Waals surface area contributed by atoms with Crippen molar-refractivity contribution in [3.05, 3.63) is 47.0 Å². The molecule has 8 nitrogen and oxygen atoms in total. The lowest BCUT2D eigenvalue weighted by Crippen LogP contribution is -2.29. The third-order valence-corrected chi connectivity index (χ3v) is 5.75. The Bertz CT molecular complexity index is 957. The highest BCUT2D eigenvalue weighted by Crippen LogP contribution is 2.22. The minimum atomic E-state index is -0.261. The predicted octanol–water partition coefficient (Wildman–Crippen LogP) is 3.04. The molecule has 1 fully saturated rings. The summed E-state index contributed by atoms with van der Waals surface area (Å²) in [6.45, 7) is 6.40. The van der Waals surface area contributed by atoms with Gasteiger partial charge in [0.1, 0.15) is 0 Å². The molecule has 0 spiro atoms. The number of rotatable bonds is 5. The smallest absolute Gasteiger partial charge is 0.278 e. The van der Waals surface area contributed by atoms with Gasteiger partial charge in [0.25, 0.3) is 5.91 Å². The van der Waals surface area contributed by atoms with Crippen LogP contribution in [0.2, 0.25) is 0 Å². The van der Waals surface area contributed by atoms with Crippen molar-refractivity contribution in [1.29, 1.82) is 0 Å². The quantitative estimate of drug-likeness (QED) is 0.712. The van der Waals surface area contributed by atoms with E-state index in [9.17, 15) is 4.79 Å². The Morgan fingerprint density at radius 3 is 2.54 bits per heavy atom. The zero-order valence-corrected chi connectivity index (χ0v) is 16.9. The fourth-order valence-corrected chi connectivity index (χ4v) is 3.91. The van der Waals surface area contributed by atoms with Crippen LogP contribution in [0.3, 0.4) is 0 Å². The first-order valence-electron chi connectivity index (χ1n) is 9.46. The average Bonchev–Trinajstić information content (AvgIpc) is 3.29. The molecule has 0 saturated carbocycles. The van der Waals surface area contributed by atoms with Crippen molar-refractivity contribution in [3.63, 3.8) is 0 Å². The number of aromatic nitrogens is 5. The zero-order valence-electron chi connectivity index (χ0n) is 16.1. The topological polar surface area (TPSA) is 88.8 Å². The van der Waals surface area contributed by atoms with E-state index in [-0.39, 0.29) is 5.91 Å². The van der Waals surface area contributed by atoms with Gasteiger partial charge in [0, 0.05) is 24.5 Å². The molecular formula is C19H23N7OS. The van der Waals surface area contributed by atoms with Gasteiger partial charge in [-0.15, -0.1) is 5.10 Å². The summed E-state index contributed by atoms with van der Waals surface area (Å²) >= 11 is 1.17. The molecule has 3 heterocycles. The van der Waals surface area contributed by atoms with E-state index in [0.717, 1.165) is 30.2 Å². The monoisotopic (exact) mass is 397 g/mol. The summed E-state index contributed by atoms with van der Waals surface area (Å²) in [5.41, 5.74) is 4.69. The van der Waals surface area contributed by atoms with Crippen LogP contribution in [-0.4, -0.2) is 42.7 Å². The second-order valence-electron chi connectivity index (χ2n) is 7.03. The number of benzene rings is 1. The van der Waals surface area contributed by atoms with Crippen molar-refractivity contribution in [2.75, 3.05) is 23.3 Å². The average molecular weight is 398 g/mol. The van der Waals surface area contributed by atoms with Crippen LogP contribution in [-0.2, 0) is 6.54 Å². The van der Waals surface area contributed by atoms with Gasteiger partial charge in [-0.1, -0.05) is 5.21 Å². The largest absolute Gasteiger partial charge is 0.372 e. The SMILES string of the molecule is Cc1nsnc1Cn1nnc(C(=O)Nc2ccc(N3CCCCC3)cc2)c1C. The number of hydrogen-bond donors (Lipinski definition) is 1. The number of carbonyl (C=O) groups is 1. The molecule has 2 aromatic heterocycles. The van der Waals surface area contributed by atoms with Crippen molar-refractivity contribution in [1.82, 2.24) is 23.7 Å². The molecule has 9 heteroatoms. The number of nitrogens with zero attached hydrogens (tertiary/aromatic N) is 6. The van der Waals surface area contributed by atoms with E-state index in [1.807, 2.05) is 26.0 Å². The van der Waals surface area contributed by atoms with E-state index in [4.69, 9.17) is 0 Å². The van der Waals surface area contributed by atoms with Crippen LogP contribution in [0.25, 0.3) is 0 Å². The highest BCUT2D eigenvalue weighted by molar-refractivity contribution is 6.99. The van der Waals surface area contributed by atoms with Gasteiger partial charge in [0.05, 0.1) is 35.4 Å². The molecule has 1 aliphatic rings. The Kier molecular flexibility index (Phi) is 5.34. The molecule has 1 aromatic carbocycles. The van der Waals surface area contributed by atoms with Crippen molar-refractivity contribution < 1.29 is 4.79 Å². The number of amides is 1. The van der Waals surface area contributed by atoms with Gasteiger partial charge in [0.2, 0.25) is 0 Å². The highest BCUT2D eigenvalue weighted by Gasteiger charge is 2.18. The van der Waals surface area contributed by atoms with Crippen molar-refractivity contribution in [3.8, 4) is 0 Å². The Morgan fingerprint density at radius 1 is 1.11 bits per heavy atom. The molecule has 0 aliphatic carbocycles. The summed E-state index contributed by atoms with van der Waals surface area (Å²) in [6.07, 6.45) is 3.79. The van der Waals surface area contributed by atoms with E-state index in [1.54, 1.807) is 4.68 Å². The third kappa shape index (κ3) is 3.89. The van der Waals surface area contributed by atoms with Gasteiger partial charge in [0.15, 0.2) is 5.69 Å². The summed E-state index contributed by atoms with van der Waals surface area (Å²) in [6, 6.07) is 7.99. The zero-order chi connectivity index (χ0) is 19.5. The van der Waals surface area contributed by atoms with E-state index < -0.39 is 0 Å². The lowest BCUT2D eigenvalue weighted by Gasteiger charge is -2.28. The molecule has 28 heavy (non-hydrogen) atoms. The van der Waals surface area contributed by atoms with E-state index in [2.05, 4.69) is 41.4 Å². The molecule has 0 atom stereocenters. The molecule has 1 amide bonds. The number of hydrogen-bond acceptors (Lipinski definition) is 7.